The molecule has 1 unspecified atom stereocenters. The van der Waals surface area contributed by atoms with Crippen LogP contribution in [0.4, 0.5) is 0 Å². The predicted octanol–water partition coefficient (Wildman–Crippen LogP) is 5.13. The predicted molar refractivity (Wildman–Crippen MR) is 123 cm³/mol. The molecular weight excluding hydrogens is 408 g/mol. The van der Waals surface area contributed by atoms with Crippen LogP contribution in [0.25, 0.3) is 22.2 Å². The zero-order valence-corrected chi connectivity index (χ0v) is 17.1. The van der Waals surface area contributed by atoms with E-state index in [0.29, 0.717) is 17.0 Å². The number of quaternary nitrogens is 1. The smallest absolute Gasteiger partial charge is 0.264 e. The summed E-state index contributed by atoms with van der Waals surface area (Å²) in [6.07, 6.45) is 11.2. The van der Waals surface area contributed by atoms with E-state index in [0.717, 1.165) is 38.2 Å². The molecule has 0 amide bonds. The Bertz CT molecular complexity index is 1450. The van der Waals surface area contributed by atoms with Gasteiger partial charge in [0, 0.05) is 28.7 Å². The van der Waals surface area contributed by atoms with Crippen LogP contribution in [0, 0.1) is 5.21 Å². The summed E-state index contributed by atoms with van der Waals surface area (Å²) in [5, 5.41) is 14.1. The molecule has 0 fully saturated rings. The minimum absolute atomic E-state index is 0.104. The Balaban J connectivity index is 1.52. The van der Waals surface area contributed by atoms with Gasteiger partial charge in [-0.2, -0.15) is 9.72 Å². The van der Waals surface area contributed by atoms with Crippen molar-refractivity contribution in [2.24, 2.45) is 9.98 Å². The maximum absolute atomic E-state index is 13.3. The molecule has 1 aromatic heterocycles. The van der Waals surface area contributed by atoms with Gasteiger partial charge >= 0.3 is 0 Å². The second-order valence-electron chi connectivity index (χ2n) is 7.52. The first kappa shape index (κ1) is 18.0. The van der Waals surface area contributed by atoms with Crippen molar-refractivity contribution in [1.82, 2.24) is 0 Å². The third-order valence-corrected chi connectivity index (χ3v) is 6.17. The van der Waals surface area contributed by atoms with Crippen molar-refractivity contribution >= 4 is 34.7 Å². The Kier molecular flexibility index (Phi) is 3.84. The summed E-state index contributed by atoms with van der Waals surface area (Å²) in [6.45, 7) is 0. The van der Waals surface area contributed by atoms with Crippen molar-refractivity contribution in [3.05, 3.63) is 119 Å². The summed E-state index contributed by atoms with van der Waals surface area (Å²) in [7, 11) is 0. The average molecular weight is 424 g/mol. The molecule has 0 radical (unpaired) electrons. The van der Waals surface area contributed by atoms with Gasteiger partial charge in [0.15, 0.2) is 11.8 Å². The molecule has 3 aliphatic rings. The van der Waals surface area contributed by atoms with Crippen LogP contribution in [0.1, 0.15) is 5.56 Å². The highest BCUT2D eigenvalue weighted by Gasteiger charge is 2.47. The molecule has 0 saturated heterocycles. The van der Waals surface area contributed by atoms with E-state index in [1.54, 1.807) is 18.6 Å². The molecule has 6 heteroatoms. The Morgan fingerprint density at radius 2 is 1.77 bits per heavy atom. The topological polar surface area (TPSA) is 51.7 Å². The lowest BCUT2D eigenvalue weighted by atomic mass is 10.0. The summed E-state index contributed by atoms with van der Waals surface area (Å²) < 4.78 is 0.870. The Labute approximate surface area is 183 Å². The fourth-order valence-electron chi connectivity index (χ4n) is 4.05. The number of aliphatic imine (C=N–C) groups is 2. The largest absolute Gasteiger partial charge is 0.618 e. The lowest BCUT2D eigenvalue weighted by Crippen LogP contribution is -2.38. The number of hydrogen-bond acceptors (Lipinski definition) is 3. The van der Waals surface area contributed by atoms with Crippen LogP contribution in [0.5, 0.6) is 0 Å². The van der Waals surface area contributed by atoms with E-state index in [4.69, 9.17) is 16.8 Å². The maximum atomic E-state index is 13.3. The molecular formula is C25H16ClN4O+. The normalized spacial score (nSPS) is 21.2. The molecule has 1 atom stereocenters. The van der Waals surface area contributed by atoms with Gasteiger partial charge in [-0.25, -0.2) is 0 Å². The molecule has 0 bridgehead atoms. The van der Waals surface area contributed by atoms with Crippen molar-refractivity contribution in [3.63, 3.8) is 0 Å². The van der Waals surface area contributed by atoms with Gasteiger partial charge in [0.2, 0.25) is 16.9 Å². The van der Waals surface area contributed by atoms with Gasteiger partial charge < -0.3 is 5.21 Å². The number of allylic oxidation sites excluding steroid dienone is 4. The molecule has 3 heterocycles. The Hall–Kier alpha value is -3.80. The van der Waals surface area contributed by atoms with E-state index >= 15 is 0 Å². The van der Waals surface area contributed by atoms with Crippen LogP contribution in [0.3, 0.4) is 0 Å². The molecule has 2 aliphatic heterocycles. The minimum atomic E-state index is -0.104. The minimum Gasteiger partial charge on any atom is -0.618 e. The highest BCUT2D eigenvalue weighted by molar-refractivity contribution is 6.21. The number of pyridine rings is 1. The monoisotopic (exact) mass is 423 g/mol. The summed E-state index contributed by atoms with van der Waals surface area (Å²) >= 11 is 7.05. The highest BCUT2D eigenvalue weighted by Crippen LogP contribution is 2.41. The fraction of sp³-hybridized carbons (Fsp3) is 0. The zero-order valence-electron chi connectivity index (χ0n) is 16.3. The van der Waals surface area contributed by atoms with E-state index < -0.39 is 0 Å². The molecule has 5 nitrogen and oxygen atoms in total. The van der Waals surface area contributed by atoms with Gasteiger partial charge in [0.05, 0.1) is 18.0 Å². The number of amidine groups is 1. The van der Waals surface area contributed by atoms with E-state index in [9.17, 15) is 5.21 Å². The molecule has 0 N–H and O–H groups in total. The molecule has 3 aromatic rings. The lowest BCUT2D eigenvalue weighted by Gasteiger charge is -2.23. The van der Waals surface area contributed by atoms with Gasteiger partial charge in [-0.3, -0.25) is 4.99 Å². The third-order valence-electron chi connectivity index (χ3n) is 5.72. The summed E-state index contributed by atoms with van der Waals surface area (Å²) in [5.74, 6) is 0.641. The van der Waals surface area contributed by atoms with Crippen LogP contribution < -0.4 is 4.73 Å². The molecule has 148 valence electrons. The molecule has 6 rings (SSSR count). The van der Waals surface area contributed by atoms with Gasteiger partial charge in [-0.15, -0.1) is 4.00 Å². The molecule has 31 heavy (non-hydrogen) atoms. The zero-order chi connectivity index (χ0) is 21.0. The van der Waals surface area contributed by atoms with Crippen LogP contribution in [-0.4, -0.2) is 16.1 Å². The first-order chi connectivity index (χ1) is 15.1. The Morgan fingerprint density at radius 3 is 2.55 bits per heavy atom. The number of aromatic nitrogens is 1. The first-order valence-corrected chi connectivity index (χ1v) is 10.2. The van der Waals surface area contributed by atoms with Crippen LogP contribution in [0.15, 0.2) is 118 Å². The number of nitrogens with zero attached hydrogens (tertiary/aromatic N) is 4. The van der Waals surface area contributed by atoms with Crippen LogP contribution in [0.2, 0.25) is 0 Å². The summed E-state index contributed by atoms with van der Waals surface area (Å²) in [6, 6.07) is 19.2. The van der Waals surface area contributed by atoms with Crippen LogP contribution in [-0.2, 0) is 0 Å². The van der Waals surface area contributed by atoms with Gasteiger partial charge in [0.1, 0.15) is 11.9 Å². The summed E-state index contributed by atoms with van der Waals surface area (Å²) in [4.78, 5) is 9.13. The number of rotatable bonds is 3. The highest BCUT2D eigenvalue weighted by atomic mass is 35.5. The van der Waals surface area contributed by atoms with E-state index in [-0.39, 0.29) is 4.00 Å². The number of halogens is 1. The van der Waals surface area contributed by atoms with E-state index in [1.807, 2.05) is 78.9 Å². The van der Waals surface area contributed by atoms with Gasteiger partial charge in [0.25, 0.3) is 5.84 Å². The van der Waals surface area contributed by atoms with Gasteiger partial charge in [-0.05, 0) is 30.3 Å². The van der Waals surface area contributed by atoms with Crippen molar-refractivity contribution in [2.45, 2.75) is 0 Å². The van der Waals surface area contributed by atoms with E-state index in [1.165, 1.54) is 0 Å². The van der Waals surface area contributed by atoms with Crippen molar-refractivity contribution in [1.29, 1.82) is 0 Å². The molecule has 0 saturated carbocycles. The van der Waals surface area contributed by atoms with Crippen molar-refractivity contribution in [3.8, 4) is 11.3 Å². The fourth-order valence-corrected chi connectivity index (χ4v) is 4.36. The second-order valence-corrected chi connectivity index (χ2v) is 8.05. The molecule has 2 aromatic carbocycles. The number of hydrogen-bond donors (Lipinski definition) is 0. The quantitative estimate of drug-likeness (QED) is 0.327. The molecule has 0 spiro atoms. The summed E-state index contributed by atoms with van der Waals surface area (Å²) in [5.41, 5.74) is 5.43. The van der Waals surface area contributed by atoms with E-state index in [2.05, 4.69) is 4.99 Å². The van der Waals surface area contributed by atoms with Crippen LogP contribution >= 0.6 is 11.8 Å². The lowest BCUT2D eigenvalue weighted by molar-refractivity contribution is -0.599. The number of fused-ring (bicyclic) bond motifs is 2. The Morgan fingerprint density at radius 1 is 0.968 bits per heavy atom. The van der Waals surface area contributed by atoms with Gasteiger partial charge in [-0.1, -0.05) is 36.4 Å². The maximum Gasteiger partial charge on any atom is 0.264 e. The number of benzene rings is 2. The third kappa shape index (κ3) is 2.64. The standard InChI is InChI=1S/C25H16ClN4O/c26-30-14-13-27-16-23(30)24(19-7-4-8-19)28-25(30)20-10-9-18-11-12-21(29(31)22(18)15-20)17-5-2-1-3-6-17/h1-16H/q+1. The van der Waals surface area contributed by atoms with Crippen molar-refractivity contribution in [2.75, 3.05) is 0 Å². The second kappa shape index (κ2) is 6.60. The average Bonchev–Trinajstić information content (AvgIpc) is 3.06. The van der Waals surface area contributed by atoms with Crippen molar-refractivity contribution < 1.29 is 8.73 Å². The SMILES string of the molecule is [O-][n+]1c(-c2ccccc2)ccc2ccc(C3=NC(C4=CC=C4)=C4C=NC=C[N+]34Cl)cc21. The molecule has 1 aliphatic carbocycles. The first-order valence-electron chi connectivity index (χ1n) is 9.89.